The highest BCUT2D eigenvalue weighted by molar-refractivity contribution is 5.77. The van der Waals surface area contributed by atoms with Crippen LogP contribution in [0.15, 0.2) is 24.5 Å². The van der Waals surface area contributed by atoms with Crippen molar-refractivity contribution < 1.29 is 4.79 Å². The van der Waals surface area contributed by atoms with Crippen molar-refractivity contribution in [2.75, 3.05) is 0 Å². The van der Waals surface area contributed by atoms with Gasteiger partial charge in [0.25, 0.3) is 0 Å². The van der Waals surface area contributed by atoms with Crippen molar-refractivity contribution in [1.82, 2.24) is 10.3 Å². The van der Waals surface area contributed by atoms with Crippen LogP contribution in [0.3, 0.4) is 0 Å². The quantitative estimate of drug-likeness (QED) is 0.881. The summed E-state index contributed by atoms with van der Waals surface area (Å²) in [6, 6.07) is 4.13. The summed E-state index contributed by atoms with van der Waals surface area (Å²) in [7, 11) is 0. The minimum Gasteiger partial charge on any atom is -0.352 e. The Morgan fingerprint density at radius 1 is 1.35 bits per heavy atom. The molecule has 2 rings (SSSR count). The van der Waals surface area contributed by atoms with Crippen molar-refractivity contribution in [3.8, 4) is 0 Å². The molecule has 1 aromatic rings. The maximum Gasteiger partial charge on any atom is 0.220 e. The molecule has 0 unspecified atom stereocenters. The third-order valence-corrected chi connectivity index (χ3v) is 4.76. The number of hydrogen-bond acceptors (Lipinski definition) is 3. The van der Waals surface area contributed by atoms with Gasteiger partial charge in [-0.2, -0.15) is 0 Å². The smallest absolute Gasteiger partial charge is 0.220 e. The number of amides is 1. The van der Waals surface area contributed by atoms with Crippen LogP contribution >= 0.6 is 0 Å². The fourth-order valence-corrected chi connectivity index (χ4v) is 3.59. The van der Waals surface area contributed by atoms with Crippen LogP contribution in [0.4, 0.5) is 0 Å². The van der Waals surface area contributed by atoms with Gasteiger partial charge < -0.3 is 11.1 Å². The Morgan fingerprint density at radius 2 is 2.00 bits per heavy atom. The molecule has 0 aromatic carbocycles. The topological polar surface area (TPSA) is 68.0 Å². The molecule has 1 fully saturated rings. The number of aromatic nitrogens is 1. The van der Waals surface area contributed by atoms with Crippen LogP contribution in [0, 0.1) is 10.8 Å². The van der Waals surface area contributed by atoms with Crippen molar-refractivity contribution in [2.24, 2.45) is 16.6 Å². The average molecular weight is 275 g/mol. The van der Waals surface area contributed by atoms with E-state index < -0.39 is 0 Å². The van der Waals surface area contributed by atoms with Gasteiger partial charge in [-0.15, -0.1) is 0 Å². The highest BCUT2D eigenvalue weighted by Crippen LogP contribution is 2.52. The number of nitrogens with two attached hydrogens (primary N) is 1. The molecule has 0 bridgehead atoms. The van der Waals surface area contributed by atoms with E-state index in [9.17, 15) is 4.79 Å². The van der Waals surface area contributed by atoms with Gasteiger partial charge in [0.1, 0.15) is 0 Å². The minimum absolute atomic E-state index is 0.0482. The van der Waals surface area contributed by atoms with E-state index in [1.54, 1.807) is 12.4 Å². The fraction of sp³-hybridized carbons (Fsp3) is 0.625. The van der Waals surface area contributed by atoms with Crippen molar-refractivity contribution in [3.05, 3.63) is 30.1 Å². The van der Waals surface area contributed by atoms with E-state index in [0.717, 1.165) is 12.0 Å². The molecular weight excluding hydrogens is 250 g/mol. The summed E-state index contributed by atoms with van der Waals surface area (Å²) < 4.78 is 0. The van der Waals surface area contributed by atoms with Gasteiger partial charge in [-0.25, -0.2) is 0 Å². The van der Waals surface area contributed by atoms with Crippen LogP contribution in [-0.4, -0.2) is 23.0 Å². The maximum absolute atomic E-state index is 12.1. The molecule has 1 heterocycles. The fourth-order valence-electron chi connectivity index (χ4n) is 3.59. The molecule has 20 heavy (non-hydrogen) atoms. The summed E-state index contributed by atoms with van der Waals surface area (Å²) in [6.45, 7) is 8.48. The molecule has 0 atom stereocenters. The summed E-state index contributed by atoms with van der Waals surface area (Å²) >= 11 is 0. The van der Waals surface area contributed by atoms with Gasteiger partial charge in [0.05, 0.1) is 0 Å². The Labute approximate surface area is 121 Å². The molecule has 3 N–H and O–H groups in total. The number of hydrogen-bond donors (Lipinski definition) is 2. The number of aryl methyl sites for hydroxylation is 1. The standard InChI is InChI=1S/C16H25N3O/c1-15(2)13(17)16(3,4)14(15)19-12(20)8-7-11-6-5-9-18-10-11/h5-6,9-10,13-14H,7-8,17H2,1-4H3,(H,19,20). The molecule has 0 spiro atoms. The zero-order valence-corrected chi connectivity index (χ0v) is 12.8. The molecule has 1 aromatic heterocycles. The molecule has 0 radical (unpaired) electrons. The second-order valence-corrected chi connectivity index (χ2v) is 6.98. The van der Waals surface area contributed by atoms with Crippen molar-refractivity contribution in [2.45, 2.75) is 52.6 Å². The lowest BCUT2D eigenvalue weighted by molar-refractivity contribution is -0.132. The van der Waals surface area contributed by atoms with Gasteiger partial charge in [0, 0.05) is 41.7 Å². The van der Waals surface area contributed by atoms with Crippen molar-refractivity contribution in [3.63, 3.8) is 0 Å². The predicted molar refractivity (Wildman–Crippen MR) is 80.0 cm³/mol. The lowest BCUT2D eigenvalue weighted by Gasteiger charge is -2.62. The first-order valence-corrected chi connectivity index (χ1v) is 7.20. The maximum atomic E-state index is 12.1. The number of carbonyl (C=O) groups excluding carboxylic acids is 1. The second-order valence-electron chi connectivity index (χ2n) is 6.98. The van der Waals surface area contributed by atoms with Crippen molar-refractivity contribution in [1.29, 1.82) is 0 Å². The van der Waals surface area contributed by atoms with Gasteiger partial charge >= 0.3 is 0 Å². The molecule has 1 aliphatic rings. The van der Waals surface area contributed by atoms with Crippen LogP contribution in [-0.2, 0) is 11.2 Å². The molecule has 0 saturated heterocycles. The predicted octanol–water partition coefficient (Wildman–Crippen LogP) is 1.89. The van der Waals surface area contributed by atoms with E-state index in [-0.39, 0.29) is 28.8 Å². The van der Waals surface area contributed by atoms with Crippen molar-refractivity contribution >= 4 is 5.91 Å². The summed E-state index contributed by atoms with van der Waals surface area (Å²) in [5.74, 6) is 0.0897. The van der Waals surface area contributed by atoms with E-state index in [4.69, 9.17) is 5.73 Å². The summed E-state index contributed by atoms with van der Waals surface area (Å²) in [5.41, 5.74) is 7.20. The van der Waals surface area contributed by atoms with E-state index in [1.807, 2.05) is 12.1 Å². The molecule has 110 valence electrons. The molecule has 1 saturated carbocycles. The first kappa shape index (κ1) is 15.0. The Hall–Kier alpha value is -1.42. The van der Waals surface area contributed by atoms with Crippen LogP contribution in [0.1, 0.15) is 39.7 Å². The lowest BCUT2D eigenvalue weighted by Crippen LogP contribution is -2.76. The number of carbonyl (C=O) groups is 1. The first-order valence-electron chi connectivity index (χ1n) is 7.20. The Balaban J connectivity index is 1.89. The van der Waals surface area contributed by atoms with E-state index in [2.05, 4.69) is 38.0 Å². The van der Waals surface area contributed by atoms with E-state index >= 15 is 0 Å². The molecule has 1 aliphatic carbocycles. The van der Waals surface area contributed by atoms with E-state index in [1.165, 1.54) is 0 Å². The summed E-state index contributed by atoms with van der Waals surface area (Å²) in [6.07, 6.45) is 4.76. The zero-order valence-electron chi connectivity index (χ0n) is 12.8. The monoisotopic (exact) mass is 275 g/mol. The van der Waals surface area contributed by atoms with Crippen LogP contribution in [0.5, 0.6) is 0 Å². The molecule has 4 nitrogen and oxygen atoms in total. The third kappa shape index (κ3) is 2.57. The second kappa shape index (κ2) is 5.17. The summed E-state index contributed by atoms with van der Waals surface area (Å²) in [4.78, 5) is 16.2. The van der Waals surface area contributed by atoms with Gasteiger partial charge in [0.15, 0.2) is 0 Å². The van der Waals surface area contributed by atoms with Gasteiger partial charge in [-0.1, -0.05) is 33.8 Å². The Kier molecular flexibility index (Phi) is 3.87. The minimum atomic E-state index is -0.0482. The third-order valence-electron chi connectivity index (χ3n) is 4.76. The van der Waals surface area contributed by atoms with Gasteiger partial charge in [-0.3, -0.25) is 9.78 Å². The SMILES string of the molecule is CC1(C)C(N)C(C)(C)C1NC(=O)CCc1cccnc1. The lowest BCUT2D eigenvalue weighted by atomic mass is 9.48. The van der Waals surface area contributed by atoms with E-state index in [0.29, 0.717) is 6.42 Å². The van der Waals surface area contributed by atoms with Crippen LogP contribution in [0.25, 0.3) is 0 Å². The molecule has 4 heteroatoms. The van der Waals surface area contributed by atoms with Crippen LogP contribution in [0.2, 0.25) is 0 Å². The largest absolute Gasteiger partial charge is 0.352 e. The molecule has 0 aliphatic heterocycles. The zero-order chi connectivity index (χ0) is 15.0. The number of pyridine rings is 1. The van der Waals surface area contributed by atoms with Crippen LogP contribution < -0.4 is 11.1 Å². The number of rotatable bonds is 4. The number of nitrogens with one attached hydrogen (secondary N) is 1. The van der Waals surface area contributed by atoms with Gasteiger partial charge in [-0.05, 0) is 18.1 Å². The average Bonchev–Trinajstić information content (AvgIpc) is 2.42. The molecule has 1 amide bonds. The Bertz CT molecular complexity index is 466. The molecular formula is C16H25N3O. The summed E-state index contributed by atoms with van der Waals surface area (Å²) in [5, 5.41) is 3.16. The number of nitrogens with zero attached hydrogens (tertiary/aromatic N) is 1. The van der Waals surface area contributed by atoms with Gasteiger partial charge in [0.2, 0.25) is 5.91 Å². The Morgan fingerprint density at radius 3 is 2.55 bits per heavy atom. The highest BCUT2D eigenvalue weighted by Gasteiger charge is 2.60. The highest BCUT2D eigenvalue weighted by atomic mass is 16.1. The first-order chi connectivity index (χ1) is 9.26. The normalized spacial score (nSPS) is 26.6.